The molecule has 1 atom stereocenters. The summed E-state index contributed by atoms with van der Waals surface area (Å²) >= 11 is 3.16. The highest BCUT2D eigenvalue weighted by molar-refractivity contribution is 9.10. The molecule has 82 valence electrons. The van der Waals surface area contributed by atoms with Crippen LogP contribution in [0.4, 0.5) is 4.39 Å². The number of carbonyl (C=O) groups is 1. The number of hydrogen-bond acceptors (Lipinski definition) is 2. The zero-order valence-corrected chi connectivity index (χ0v) is 10.1. The molecule has 4 heteroatoms. The Kier molecular flexibility index (Phi) is 4.42. The van der Waals surface area contributed by atoms with E-state index in [9.17, 15) is 9.18 Å². The summed E-state index contributed by atoms with van der Waals surface area (Å²) in [5, 5.41) is 0. The third kappa shape index (κ3) is 4.10. The SMILES string of the molecule is CC(N)CC(=O)Cc1ccc(Br)cc1F. The Hall–Kier alpha value is -0.740. The predicted molar refractivity (Wildman–Crippen MR) is 61.1 cm³/mol. The number of halogens is 2. The van der Waals surface area contributed by atoms with Crippen LogP contribution in [0, 0.1) is 5.82 Å². The minimum absolute atomic E-state index is 0.0359. The van der Waals surface area contributed by atoms with Gasteiger partial charge in [-0.2, -0.15) is 0 Å². The average Bonchev–Trinajstić information content (AvgIpc) is 2.08. The maximum atomic E-state index is 13.3. The van der Waals surface area contributed by atoms with Crippen molar-refractivity contribution in [1.82, 2.24) is 0 Å². The minimum atomic E-state index is -0.359. The Bertz CT molecular complexity index is 366. The van der Waals surface area contributed by atoms with Crippen LogP contribution in [0.3, 0.4) is 0 Å². The molecule has 0 aliphatic heterocycles. The van der Waals surface area contributed by atoms with Gasteiger partial charge in [-0.25, -0.2) is 4.39 Å². The molecule has 0 fully saturated rings. The minimum Gasteiger partial charge on any atom is -0.328 e. The fraction of sp³-hybridized carbons (Fsp3) is 0.364. The summed E-state index contributed by atoms with van der Waals surface area (Å²) in [5.41, 5.74) is 5.91. The van der Waals surface area contributed by atoms with Crippen molar-refractivity contribution in [2.24, 2.45) is 5.73 Å². The van der Waals surface area contributed by atoms with E-state index in [1.165, 1.54) is 6.07 Å². The topological polar surface area (TPSA) is 43.1 Å². The van der Waals surface area contributed by atoms with Crippen LogP contribution in [0.5, 0.6) is 0 Å². The number of nitrogens with two attached hydrogens (primary N) is 1. The van der Waals surface area contributed by atoms with E-state index in [2.05, 4.69) is 15.9 Å². The highest BCUT2D eigenvalue weighted by Crippen LogP contribution is 2.16. The fourth-order valence-corrected chi connectivity index (χ4v) is 1.64. The van der Waals surface area contributed by atoms with Crippen molar-refractivity contribution in [3.8, 4) is 0 Å². The molecule has 0 aliphatic rings. The number of ketones is 1. The smallest absolute Gasteiger partial charge is 0.138 e. The molecule has 1 aromatic carbocycles. The van der Waals surface area contributed by atoms with E-state index in [4.69, 9.17) is 5.73 Å². The maximum Gasteiger partial charge on any atom is 0.138 e. The first-order valence-electron chi connectivity index (χ1n) is 4.70. The molecule has 1 rings (SSSR count). The van der Waals surface area contributed by atoms with Crippen LogP contribution in [-0.4, -0.2) is 11.8 Å². The van der Waals surface area contributed by atoms with Gasteiger partial charge < -0.3 is 5.73 Å². The van der Waals surface area contributed by atoms with E-state index < -0.39 is 0 Å². The Morgan fingerprint density at radius 2 is 2.27 bits per heavy atom. The molecule has 0 heterocycles. The first kappa shape index (κ1) is 12.3. The Morgan fingerprint density at radius 3 is 2.80 bits per heavy atom. The van der Waals surface area contributed by atoms with Gasteiger partial charge in [0.2, 0.25) is 0 Å². The van der Waals surface area contributed by atoms with Crippen LogP contribution in [0.25, 0.3) is 0 Å². The van der Waals surface area contributed by atoms with Crippen molar-refractivity contribution in [3.05, 3.63) is 34.1 Å². The van der Waals surface area contributed by atoms with Crippen LogP contribution in [0.15, 0.2) is 22.7 Å². The molecule has 0 saturated heterocycles. The van der Waals surface area contributed by atoms with E-state index in [0.717, 1.165) is 0 Å². The molecule has 2 nitrogen and oxygen atoms in total. The van der Waals surface area contributed by atoms with E-state index in [1.54, 1.807) is 19.1 Å². The molecule has 0 bridgehead atoms. The van der Waals surface area contributed by atoms with Gasteiger partial charge in [-0.3, -0.25) is 4.79 Å². The van der Waals surface area contributed by atoms with Crippen LogP contribution in [0.1, 0.15) is 18.9 Å². The zero-order valence-electron chi connectivity index (χ0n) is 8.47. The van der Waals surface area contributed by atoms with Crippen molar-refractivity contribution in [2.45, 2.75) is 25.8 Å². The van der Waals surface area contributed by atoms with Crippen LogP contribution >= 0.6 is 15.9 Å². The quantitative estimate of drug-likeness (QED) is 0.916. The van der Waals surface area contributed by atoms with E-state index in [0.29, 0.717) is 10.0 Å². The number of benzene rings is 1. The number of Topliss-reactive ketones (excluding diaryl/α,β-unsaturated/α-hetero) is 1. The fourth-order valence-electron chi connectivity index (χ4n) is 1.31. The van der Waals surface area contributed by atoms with E-state index in [-0.39, 0.29) is 30.5 Å². The predicted octanol–water partition coefficient (Wildman–Crippen LogP) is 2.44. The van der Waals surface area contributed by atoms with Crippen LogP contribution < -0.4 is 5.73 Å². The second kappa shape index (κ2) is 5.37. The third-order valence-electron chi connectivity index (χ3n) is 1.95. The van der Waals surface area contributed by atoms with Crippen molar-refractivity contribution < 1.29 is 9.18 Å². The van der Waals surface area contributed by atoms with Gasteiger partial charge in [0.1, 0.15) is 11.6 Å². The maximum absolute atomic E-state index is 13.3. The van der Waals surface area contributed by atoms with Gasteiger partial charge in [0, 0.05) is 23.4 Å². The first-order valence-corrected chi connectivity index (χ1v) is 5.49. The molecule has 1 unspecified atom stereocenters. The van der Waals surface area contributed by atoms with E-state index in [1.807, 2.05) is 0 Å². The lowest BCUT2D eigenvalue weighted by Crippen LogP contribution is -2.20. The molecule has 0 aliphatic carbocycles. The lowest BCUT2D eigenvalue weighted by atomic mass is 10.0. The zero-order chi connectivity index (χ0) is 11.4. The molecule has 0 amide bonds. The van der Waals surface area contributed by atoms with Crippen molar-refractivity contribution in [3.63, 3.8) is 0 Å². The van der Waals surface area contributed by atoms with Crippen LogP contribution in [-0.2, 0) is 11.2 Å². The van der Waals surface area contributed by atoms with Gasteiger partial charge in [-0.15, -0.1) is 0 Å². The summed E-state index contributed by atoms with van der Waals surface area (Å²) in [4.78, 5) is 11.4. The molecule has 0 spiro atoms. The largest absolute Gasteiger partial charge is 0.328 e. The van der Waals surface area contributed by atoms with Crippen molar-refractivity contribution in [1.29, 1.82) is 0 Å². The summed E-state index contributed by atoms with van der Waals surface area (Å²) in [6, 6.07) is 4.51. The number of rotatable bonds is 4. The van der Waals surface area contributed by atoms with Crippen LogP contribution in [0.2, 0.25) is 0 Å². The molecular formula is C11H13BrFNO. The molecule has 1 aromatic rings. The van der Waals surface area contributed by atoms with Gasteiger partial charge in [0.15, 0.2) is 0 Å². The van der Waals surface area contributed by atoms with Gasteiger partial charge in [0.25, 0.3) is 0 Å². The summed E-state index contributed by atoms with van der Waals surface area (Å²) in [7, 11) is 0. The second-order valence-electron chi connectivity index (χ2n) is 3.63. The Morgan fingerprint density at radius 1 is 1.60 bits per heavy atom. The third-order valence-corrected chi connectivity index (χ3v) is 2.45. The molecule has 15 heavy (non-hydrogen) atoms. The highest BCUT2D eigenvalue weighted by Gasteiger charge is 2.10. The summed E-state index contributed by atoms with van der Waals surface area (Å²) in [5.74, 6) is -0.395. The highest BCUT2D eigenvalue weighted by atomic mass is 79.9. The Labute approximate surface area is 96.8 Å². The molecule has 0 aromatic heterocycles. The summed E-state index contributed by atoms with van der Waals surface area (Å²) in [6.45, 7) is 1.76. The first-order chi connectivity index (χ1) is 6.99. The normalized spacial score (nSPS) is 12.5. The average molecular weight is 274 g/mol. The Balaban J connectivity index is 2.68. The van der Waals surface area contributed by atoms with Gasteiger partial charge in [-0.1, -0.05) is 22.0 Å². The summed E-state index contributed by atoms with van der Waals surface area (Å²) in [6.07, 6.45) is 0.399. The number of hydrogen-bond donors (Lipinski definition) is 1. The van der Waals surface area contributed by atoms with Crippen molar-refractivity contribution in [2.75, 3.05) is 0 Å². The van der Waals surface area contributed by atoms with Crippen molar-refractivity contribution >= 4 is 21.7 Å². The molecule has 0 radical (unpaired) electrons. The van der Waals surface area contributed by atoms with Gasteiger partial charge in [-0.05, 0) is 24.6 Å². The van der Waals surface area contributed by atoms with E-state index >= 15 is 0 Å². The van der Waals surface area contributed by atoms with Gasteiger partial charge >= 0.3 is 0 Å². The second-order valence-corrected chi connectivity index (χ2v) is 4.55. The standard InChI is InChI=1S/C11H13BrFNO/c1-7(14)4-10(15)5-8-2-3-9(12)6-11(8)13/h2-3,6-7H,4-5,14H2,1H3. The lowest BCUT2D eigenvalue weighted by molar-refractivity contribution is -0.118. The monoisotopic (exact) mass is 273 g/mol. The number of carbonyl (C=O) groups excluding carboxylic acids is 1. The molecule has 0 saturated carbocycles. The summed E-state index contributed by atoms with van der Waals surface area (Å²) < 4.78 is 14.0. The van der Waals surface area contributed by atoms with Gasteiger partial charge in [0.05, 0.1) is 0 Å². The lowest BCUT2D eigenvalue weighted by Gasteiger charge is -2.05. The molecule has 2 N–H and O–H groups in total. The molecular weight excluding hydrogens is 261 g/mol.